The van der Waals surface area contributed by atoms with E-state index in [1.54, 1.807) is 39.0 Å². The lowest BCUT2D eigenvalue weighted by atomic mass is 10.1. The zero-order valence-electron chi connectivity index (χ0n) is 18.0. The van der Waals surface area contributed by atoms with Crippen LogP contribution < -0.4 is 14.4 Å². The van der Waals surface area contributed by atoms with Crippen LogP contribution in [0, 0.1) is 0 Å². The Morgan fingerprint density at radius 1 is 0.939 bits per heavy atom. The van der Waals surface area contributed by atoms with Crippen molar-refractivity contribution in [3.05, 3.63) is 53.1 Å². The number of anilines is 1. The minimum atomic E-state index is -0.695. The minimum Gasteiger partial charge on any atom is -0.485 e. The van der Waals surface area contributed by atoms with Gasteiger partial charge in [0.2, 0.25) is 12.0 Å². The maximum Gasteiger partial charge on any atom is 0.267 e. The number of fused-ring (bicyclic) bond motifs is 1. The molecule has 0 N–H and O–H groups in total. The van der Waals surface area contributed by atoms with Crippen molar-refractivity contribution in [2.24, 2.45) is 0 Å². The Morgan fingerprint density at radius 3 is 2.39 bits per heavy atom. The van der Waals surface area contributed by atoms with Gasteiger partial charge in [-0.2, -0.15) is 0 Å². The van der Waals surface area contributed by atoms with Crippen LogP contribution in [0.2, 0.25) is 5.02 Å². The van der Waals surface area contributed by atoms with Gasteiger partial charge in [0.15, 0.2) is 11.5 Å². The number of hydrogen-bond donors (Lipinski definition) is 0. The number of piperazine rings is 1. The Bertz CT molecular complexity index is 1100. The van der Waals surface area contributed by atoms with Gasteiger partial charge in [-0.15, -0.1) is 0 Å². The van der Waals surface area contributed by atoms with Gasteiger partial charge >= 0.3 is 0 Å². The van der Waals surface area contributed by atoms with Crippen LogP contribution >= 0.6 is 11.6 Å². The Morgan fingerprint density at radius 2 is 1.67 bits per heavy atom. The quantitative estimate of drug-likeness (QED) is 0.690. The number of halogens is 1. The summed E-state index contributed by atoms with van der Waals surface area (Å²) in [5, 5.41) is 0.452. The van der Waals surface area contributed by atoms with E-state index in [2.05, 4.69) is 0 Å². The number of para-hydroxylation sites is 2. The van der Waals surface area contributed by atoms with Crippen LogP contribution in [0.3, 0.4) is 0 Å². The molecule has 0 spiro atoms. The fourth-order valence-corrected chi connectivity index (χ4v) is 4.63. The molecule has 172 valence electrons. The van der Waals surface area contributed by atoms with Crippen molar-refractivity contribution in [1.82, 2.24) is 9.80 Å². The first-order valence-corrected chi connectivity index (χ1v) is 11.5. The minimum absolute atomic E-state index is 0.0187. The molecule has 0 aliphatic carbocycles. The molecular formula is C24H24ClN3O5. The molecule has 9 heteroatoms. The van der Waals surface area contributed by atoms with Gasteiger partial charge < -0.3 is 24.2 Å². The highest BCUT2D eigenvalue weighted by atomic mass is 35.5. The second-order valence-electron chi connectivity index (χ2n) is 8.30. The zero-order valence-corrected chi connectivity index (χ0v) is 18.8. The number of nitrogens with zero attached hydrogens (tertiary/aromatic N) is 3. The third kappa shape index (κ3) is 4.23. The van der Waals surface area contributed by atoms with Gasteiger partial charge in [-0.05, 0) is 36.8 Å². The molecule has 3 heterocycles. The summed E-state index contributed by atoms with van der Waals surface area (Å²) < 4.78 is 11.5. The first-order valence-electron chi connectivity index (χ1n) is 11.1. The van der Waals surface area contributed by atoms with E-state index in [1.165, 1.54) is 0 Å². The van der Waals surface area contributed by atoms with E-state index in [9.17, 15) is 14.4 Å². The van der Waals surface area contributed by atoms with Gasteiger partial charge in [-0.3, -0.25) is 14.4 Å². The van der Waals surface area contributed by atoms with Crippen molar-refractivity contribution in [3.8, 4) is 11.5 Å². The summed E-state index contributed by atoms with van der Waals surface area (Å²) in [6, 6.07) is 12.3. The molecule has 2 aromatic carbocycles. The van der Waals surface area contributed by atoms with Crippen molar-refractivity contribution in [2.45, 2.75) is 18.9 Å². The van der Waals surface area contributed by atoms with Crippen molar-refractivity contribution in [2.75, 3.05) is 44.2 Å². The third-order valence-electron chi connectivity index (χ3n) is 6.22. The molecule has 0 radical (unpaired) electrons. The SMILES string of the molecule is O=C(c1ccc(Cl)c(N2CCCC2=O)c1)N1CCN(C(=O)C2COc3ccccc3O2)CC1. The molecule has 8 nitrogen and oxygen atoms in total. The van der Waals surface area contributed by atoms with E-state index in [0.29, 0.717) is 66.9 Å². The van der Waals surface area contributed by atoms with E-state index < -0.39 is 6.10 Å². The first-order chi connectivity index (χ1) is 16.0. The molecule has 3 aliphatic rings. The number of carbonyl (C=O) groups excluding carboxylic acids is 3. The summed E-state index contributed by atoms with van der Waals surface area (Å²) in [6.07, 6.45) is 0.579. The topological polar surface area (TPSA) is 79.4 Å². The second-order valence-corrected chi connectivity index (χ2v) is 8.70. The van der Waals surface area contributed by atoms with Gasteiger partial charge in [-0.1, -0.05) is 23.7 Å². The highest BCUT2D eigenvalue weighted by Gasteiger charge is 2.34. The number of hydrogen-bond acceptors (Lipinski definition) is 5. The smallest absolute Gasteiger partial charge is 0.267 e. The zero-order chi connectivity index (χ0) is 22.9. The van der Waals surface area contributed by atoms with Crippen LogP contribution in [0.1, 0.15) is 23.2 Å². The van der Waals surface area contributed by atoms with Gasteiger partial charge in [0.1, 0.15) is 6.61 Å². The fraction of sp³-hybridized carbons (Fsp3) is 0.375. The lowest BCUT2D eigenvalue weighted by molar-refractivity contribution is -0.142. The van der Waals surface area contributed by atoms with E-state index in [-0.39, 0.29) is 24.3 Å². The fourth-order valence-electron chi connectivity index (χ4n) is 4.41. The number of amides is 3. The highest BCUT2D eigenvalue weighted by Crippen LogP contribution is 2.32. The van der Waals surface area contributed by atoms with Crippen LogP contribution in [0.25, 0.3) is 0 Å². The van der Waals surface area contributed by atoms with E-state index >= 15 is 0 Å². The maximum atomic E-state index is 13.1. The molecule has 1 atom stereocenters. The summed E-state index contributed by atoms with van der Waals surface area (Å²) in [5.74, 6) is 0.932. The maximum absolute atomic E-state index is 13.1. The highest BCUT2D eigenvalue weighted by molar-refractivity contribution is 6.34. The molecule has 3 amide bonds. The van der Waals surface area contributed by atoms with Crippen LogP contribution in [-0.2, 0) is 9.59 Å². The predicted octanol–water partition coefficient (Wildman–Crippen LogP) is 2.59. The number of ether oxygens (including phenoxy) is 2. The molecular weight excluding hydrogens is 446 g/mol. The van der Waals surface area contributed by atoms with Crippen LogP contribution in [-0.4, -0.2) is 73.0 Å². The molecule has 33 heavy (non-hydrogen) atoms. The van der Waals surface area contributed by atoms with Gasteiger partial charge in [0, 0.05) is 44.7 Å². The molecule has 1 unspecified atom stereocenters. The monoisotopic (exact) mass is 469 g/mol. The van der Waals surface area contributed by atoms with Crippen molar-refractivity contribution in [3.63, 3.8) is 0 Å². The van der Waals surface area contributed by atoms with E-state index in [1.807, 2.05) is 18.2 Å². The summed E-state index contributed by atoms with van der Waals surface area (Å²) in [5.41, 5.74) is 1.06. The van der Waals surface area contributed by atoms with Crippen molar-refractivity contribution >= 4 is 35.0 Å². The molecule has 2 fully saturated rings. The van der Waals surface area contributed by atoms with Crippen LogP contribution in [0.4, 0.5) is 5.69 Å². The lowest BCUT2D eigenvalue weighted by Crippen LogP contribution is -2.55. The normalized spacial score (nSPS) is 20.2. The van der Waals surface area contributed by atoms with E-state index in [0.717, 1.165) is 6.42 Å². The summed E-state index contributed by atoms with van der Waals surface area (Å²) in [7, 11) is 0. The third-order valence-corrected chi connectivity index (χ3v) is 6.54. The molecule has 3 aliphatic heterocycles. The molecule has 0 bridgehead atoms. The number of rotatable bonds is 3. The van der Waals surface area contributed by atoms with Crippen molar-refractivity contribution < 1.29 is 23.9 Å². The van der Waals surface area contributed by atoms with Gasteiger partial charge in [0.05, 0.1) is 10.7 Å². The molecule has 2 saturated heterocycles. The average Bonchev–Trinajstić information content (AvgIpc) is 3.28. The second kappa shape index (κ2) is 8.94. The Labute approximate surface area is 196 Å². The summed E-state index contributed by atoms with van der Waals surface area (Å²) in [6.45, 7) is 2.42. The molecule has 5 rings (SSSR count). The first kappa shape index (κ1) is 21.6. The summed E-state index contributed by atoms with van der Waals surface area (Å²) >= 11 is 6.31. The lowest BCUT2D eigenvalue weighted by Gasteiger charge is -2.37. The average molecular weight is 470 g/mol. The summed E-state index contributed by atoms with van der Waals surface area (Å²) in [4.78, 5) is 43.2. The standard InChI is InChI=1S/C24H24ClN3O5/c25-17-8-7-16(14-18(17)28-9-3-6-22(28)29)23(30)26-10-12-27(13-11-26)24(31)21-15-32-19-4-1-2-5-20(19)33-21/h1-2,4-5,7-8,14,21H,3,6,9-13,15H2. The number of carbonyl (C=O) groups is 3. The van der Waals surface area contributed by atoms with Crippen molar-refractivity contribution in [1.29, 1.82) is 0 Å². The van der Waals surface area contributed by atoms with E-state index in [4.69, 9.17) is 21.1 Å². The largest absolute Gasteiger partial charge is 0.485 e. The molecule has 0 saturated carbocycles. The van der Waals surface area contributed by atoms with Gasteiger partial charge in [0.25, 0.3) is 11.8 Å². The Balaban J connectivity index is 1.21. The number of benzene rings is 2. The molecule has 2 aromatic rings. The van der Waals surface area contributed by atoms with Crippen LogP contribution in [0.5, 0.6) is 11.5 Å². The Kier molecular flexibility index (Phi) is 5.85. The van der Waals surface area contributed by atoms with Crippen LogP contribution in [0.15, 0.2) is 42.5 Å². The van der Waals surface area contributed by atoms with Gasteiger partial charge in [-0.25, -0.2) is 0 Å². The molecule has 0 aromatic heterocycles. The Hall–Kier alpha value is -3.26. The predicted molar refractivity (Wildman–Crippen MR) is 122 cm³/mol.